The van der Waals surface area contributed by atoms with Gasteiger partial charge in [0.05, 0.1) is 30.8 Å². The summed E-state index contributed by atoms with van der Waals surface area (Å²) in [6, 6.07) is 6.19. The highest BCUT2D eigenvalue weighted by Crippen LogP contribution is 2.80. The van der Waals surface area contributed by atoms with Gasteiger partial charge in [0.2, 0.25) is 0 Å². The standard InChI is InChI=1S/C37H44O16/c1-16(38)48-15-34-23(49-17(2)39)12-24(46-6)37-22-13-35(52-18(3)40)25(47-7)14-36(53-19(4)41,27(30(37)42)28(29(34)37)50-33(34)44)26(22)31(35)51-32(43)20-8-10-21(45-5)11-9-20/h8-11,22-31,42H,12-15H2,1-7H3/t22-,23-,24+,25+,26-,27+,28+,29-,30?,31-,34-,35+,36-,37+/m1/s1. The second kappa shape index (κ2) is 12.7. The van der Waals surface area contributed by atoms with Gasteiger partial charge in [-0.1, -0.05) is 0 Å². The first-order chi connectivity index (χ1) is 25.1. The van der Waals surface area contributed by atoms with Crippen LogP contribution in [0.25, 0.3) is 0 Å². The molecule has 7 rings (SSSR count). The van der Waals surface area contributed by atoms with Crippen LogP contribution < -0.4 is 4.74 Å². The summed E-state index contributed by atoms with van der Waals surface area (Å²) < 4.78 is 54.0. The molecule has 0 spiro atoms. The first-order valence-electron chi connectivity index (χ1n) is 17.6. The second-order valence-corrected chi connectivity index (χ2v) is 15.1. The zero-order valence-electron chi connectivity index (χ0n) is 30.5. The van der Waals surface area contributed by atoms with E-state index in [1.165, 1.54) is 61.2 Å². The Labute approximate surface area is 304 Å². The van der Waals surface area contributed by atoms with Gasteiger partial charge in [-0.3, -0.25) is 24.0 Å². The van der Waals surface area contributed by atoms with Gasteiger partial charge in [-0.2, -0.15) is 0 Å². The molecule has 1 heterocycles. The van der Waals surface area contributed by atoms with E-state index in [4.69, 9.17) is 42.6 Å². The lowest BCUT2D eigenvalue weighted by Crippen LogP contribution is -2.74. The predicted octanol–water partition coefficient (Wildman–Crippen LogP) is 1.31. The molecule has 1 unspecified atom stereocenters. The van der Waals surface area contributed by atoms with Gasteiger partial charge >= 0.3 is 35.8 Å². The van der Waals surface area contributed by atoms with Crippen LogP contribution in [-0.2, 0) is 61.9 Å². The highest BCUT2D eigenvalue weighted by atomic mass is 16.6. The van der Waals surface area contributed by atoms with Gasteiger partial charge < -0.3 is 47.7 Å². The number of ether oxygens (including phenoxy) is 9. The molecule has 1 N–H and O–H groups in total. The van der Waals surface area contributed by atoms with Gasteiger partial charge in [0.1, 0.15) is 41.7 Å². The second-order valence-electron chi connectivity index (χ2n) is 15.1. The van der Waals surface area contributed by atoms with E-state index < -0.39 is 125 Å². The number of aliphatic hydroxyl groups is 1. The van der Waals surface area contributed by atoms with E-state index >= 15 is 0 Å². The summed E-state index contributed by atoms with van der Waals surface area (Å²) in [5.74, 6) is -8.06. The Kier molecular flexibility index (Phi) is 8.85. The van der Waals surface area contributed by atoms with Crippen LogP contribution in [0.1, 0.15) is 57.3 Å². The topological polar surface area (TPSA) is 206 Å². The third kappa shape index (κ3) is 4.83. The molecule has 0 aromatic heterocycles. The maximum atomic E-state index is 14.4. The van der Waals surface area contributed by atoms with E-state index in [1.54, 1.807) is 12.1 Å². The quantitative estimate of drug-likeness (QED) is 0.265. The van der Waals surface area contributed by atoms with Gasteiger partial charge in [0.15, 0.2) is 11.7 Å². The van der Waals surface area contributed by atoms with Gasteiger partial charge in [0.25, 0.3) is 0 Å². The molecule has 16 heteroatoms. The van der Waals surface area contributed by atoms with Crippen LogP contribution in [-0.4, -0.2) is 117 Å². The lowest BCUT2D eigenvalue weighted by Gasteiger charge is -2.62. The number of fused-ring (bicyclic) bond motifs is 2. The summed E-state index contributed by atoms with van der Waals surface area (Å²) in [6.45, 7) is 4.21. The van der Waals surface area contributed by atoms with E-state index in [-0.39, 0.29) is 24.8 Å². The van der Waals surface area contributed by atoms with Crippen molar-refractivity contribution in [2.45, 2.75) is 94.8 Å². The Bertz CT molecular complexity index is 1730. The van der Waals surface area contributed by atoms with Crippen molar-refractivity contribution in [1.82, 2.24) is 0 Å². The van der Waals surface area contributed by atoms with E-state index in [1.807, 2.05) is 0 Å². The molecule has 53 heavy (non-hydrogen) atoms. The summed E-state index contributed by atoms with van der Waals surface area (Å²) in [5, 5.41) is 12.9. The molecule has 0 radical (unpaired) electrons. The number of aliphatic hydroxyl groups excluding tert-OH is 1. The fourth-order valence-corrected chi connectivity index (χ4v) is 11.8. The summed E-state index contributed by atoms with van der Waals surface area (Å²) in [6.07, 6.45) is -7.51. The summed E-state index contributed by atoms with van der Waals surface area (Å²) >= 11 is 0. The number of rotatable bonds is 10. The molecule has 1 aromatic carbocycles. The van der Waals surface area contributed by atoms with Crippen molar-refractivity contribution < 1.29 is 76.5 Å². The molecule has 14 atom stereocenters. The molecule has 16 nitrogen and oxygen atoms in total. The SMILES string of the molecule is COc1ccc(C(=O)O[C@@H]2[C@H]3[C@H]4C[C@]2(OC(C)=O)[C@@H](OC)C[C@]3(OC(C)=O)[C@@H]2C(O)[C@]43[C@@H](OC)C[C@@H](OC(C)=O)[C@@]4(COC(C)=O)C(=O)O[C@@H]2[C@H]43)cc1. The van der Waals surface area contributed by atoms with Crippen molar-refractivity contribution in [3.05, 3.63) is 29.8 Å². The number of carbonyl (C=O) groups is 6. The number of methoxy groups -OCH3 is 3. The van der Waals surface area contributed by atoms with Gasteiger partial charge in [-0.15, -0.1) is 0 Å². The maximum Gasteiger partial charge on any atom is 0.338 e. The number of hydrogen-bond donors (Lipinski definition) is 1. The Hall–Kier alpha value is -4.28. The fourth-order valence-electron chi connectivity index (χ4n) is 11.8. The lowest BCUT2D eigenvalue weighted by atomic mass is 9.45. The average molecular weight is 745 g/mol. The van der Waals surface area contributed by atoms with E-state index in [0.717, 1.165) is 0 Å². The van der Waals surface area contributed by atoms with Crippen molar-refractivity contribution in [1.29, 1.82) is 0 Å². The summed E-state index contributed by atoms with van der Waals surface area (Å²) in [4.78, 5) is 79.7. The Morgan fingerprint density at radius 3 is 2.00 bits per heavy atom. The van der Waals surface area contributed by atoms with Crippen molar-refractivity contribution in [2.75, 3.05) is 27.9 Å². The van der Waals surface area contributed by atoms with Crippen LogP contribution in [0.5, 0.6) is 5.75 Å². The molecular formula is C37H44O16. The maximum absolute atomic E-state index is 14.4. The van der Waals surface area contributed by atoms with Crippen LogP contribution in [0.3, 0.4) is 0 Å². The molecule has 6 fully saturated rings. The molecule has 1 aliphatic heterocycles. The highest BCUT2D eigenvalue weighted by Gasteiger charge is 2.92. The van der Waals surface area contributed by atoms with Crippen molar-refractivity contribution in [3.8, 4) is 5.75 Å². The number of hydrogen-bond acceptors (Lipinski definition) is 16. The highest BCUT2D eigenvalue weighted by molar-refractivity contribution is 5.90. The zero-order chi connectivity index (χ0) is 38.4. The van der Waals surface area contributed by atoms with Gasteiger partial charge in [-0.05, 0) is 36.6 Å². The van der Waals surface area contributed by atoms with E-state index in [9.17, 15) is 33.9 Å². The minimum atomic E-state index is -1.83. The van der Waals surface area contributed by atoms with Crippen molar-refractivity contribution >= 4 is 35.8 Å². The molecule has 1 saturated heterocycles. The lowest BCUT2D eigenvalue weighted by molar-refractivity contribution is -0.292. The van der Waals surface area contributed by atoms with Crippen LogP contribution >= 0.6 is 0 Å². The van der Waals surface area contributed by atoms with Gasteiger partial charge in [0, 0.05) is 72.0 Å². The molecule has 5 aliphatic carbocycles. The van der Waals surface area contributed by atoms with Crippen molar-refractivity contribution in [3.63, 3.8) is 0 Å². The zero-order valence-corrected chi connectivity index (χ0v) is 30.5. The number of carbonyl (C=O) groups excluding carboxylic acids is 6. The fraction of sp³-hybridized carbons (Fsp3) is 0.676. The molecule has 5 saturated carbocycles. The Morgan fingerprint density at radius 2 is 1.43 bits per heavy atom. The molecule has 4 bridgehead atoms. The number of benzene rings is 1. The minimum absolute atomic E-state index is 0.0950. The molecule has 288 valence electrons. The molecular weight excluding hydrogens is 700 g/mol. The third-order valence-corrected chi connectivity index (χ3v) is 13.0. The third-order valence-electron chi connectivity index (χ3n) is 13.0. The average Bonchev–Trinajstić information content (AvgIpc) is 3.62. The van der Waals surface area contributed by atoms with Crippen LogP contribution in [0.15, 0.2) is 24.3 Å². The largest absolute Gasteiger partial charge is 0.497 e. The molecule has 0 amide bonds. The van der Waals surface area contributed by atoms with E-state index in [2.05, 4.69) is 0 Å². The minimum Gasteiger partial charge on any atom is -0.497 e. The summed E-state index contributed by atoms with van der Waals surface area (Å²) in [7, 11) is 4.29. The predicted molar refractivity (Wildman–Crippen MR) is 174 cm³/mol. The van der Waals surface area contributed by atoms with Gasteiger partial charge in [-0.25, -0.2) is 4.79 Å². The van der Waals surface area contributed by atoms with E-state index in [0.29, 0.717) is 5.75 Å². The smallest absolute Gasteiger partial charge is 0.338 e. The Balaban J connectivity index is 1.49. The van der Waals surface area contributed by atoms with Crippen LogP contribution in [0.2, 0.25) is 0 Å². The number of esters is 6. The first-order valence-corrected chi connectivity index (χ1v) is 17.6. The van der Waals surface area contributed by atoms with Crippen molar-refractivity contribution in [2.24, 2.45) is 34.5 Å². The Morgan fingerprint density at radius 1 is 0.792 bits per heavy atom. The molecule has 1 aromatic rings. The summed E-state index contributed by atoms with van der Waals surface area (Å²) in [5.41, 5.74) is -6.58. The van der Waals surface area contributed by atoms with Crippen LogP contribution in [0.4, 0.5) is 0 Å². The monoisotopic (exact) mass is 744 g/mol. The molecule has 6 aliphatic rings. The normalized spacial score (nSPS) is 42.5. The van der Waals surface area contributed by atoms with Crippen LogP contribution in [0, 0.1) is 34.5 Å². The first kappa shape index (κ1) is 37.1.